The van der Waals surface area contributed by atoms with Gasteiger partial charge in [-0.3, -0.25) is 9.59 Å². The summed E-state index contributed by atoms with van der Waals surface area (Å²) >= 11 is 0. The van der Waals surface area contributed by atoms with Crippen molar-refractivity contribution in [3.8, 4) is 0 Å². The predicted molar refractivity (Wildman–Crippen MR) is 338 cm³/mol. The largest absolute Gasteiger partial charge is 0.466 e. The van der Waals surface area contributed by atoms with Crippen molar-refractivity contribution < 1.29 is 24.5 Å². The second-order valence-electron chi connectivity index (χ2n) is 24.2. The molecule has 0 heterocycles. The van der Waals surface area contributed by atoms with Gasteiger partial charge in [0, 0.05) is 12.8 Å². The molecule has 0 aromatic carbocycles. The van der Waals surface area contributed by atoms with Crippen molar-refractivity contribution >= 4 is 11.9 Å². The second kappa shape index (κ2) is 66.8. The first kappa shape index (κ1) is 75.3. The number of carbonyl (C=O) groups excluding carboxylic acids is 2. The first-order valence-corrected chi connectivity index (χ1v) is 35.1. The monoisotopic (exact) mass is 1080 g/mol. The highest BCUT2D eigenvalue weighted by Crippen LogP contribution is 2.19. The van der Waals surface area contributed by atoms with Gasteiger partial charge in [0.1, 0.15) is 0 Å². The van der Waals surface area contributed by atoms with Crippen LogP contribution >= 0.6 is 0 Å². The Morgan fingerprint density at radius 1 is 0.351 bits per heavy atom. The predicted octanol–water partition coefficient (Wildman–Crippen LogP) is 22.5. The molecule has 77 heavy (non-hydrogen) atoms. The van der Waals surface area contributed by atoms with Crippen molar-refractivity contribution in [2.75, 3.05) is 13.2 Å². The second-order valence-corrected chi connectivity index (χ2v) is 24.2. The lowest BCUT2D eigenvalue weighted by Gasteiger charge is -2.20. The van der Waals surface area contributed by atoms with Gasteiger partial charge in [-0.05, 0) is 57.8 Å². The molecule has 0 rings (SSSR count). The molecular weight excluding hydrogens is 947 g/mol. The van der Waals surface area contributed by atoms with Gasteiger partial charge in [0.05, 0.1) is 25.4 Å². The normalized spacial score (nSPS) is 12.6. The topological polar surface area (TPSA) is 95.9 Å². The summed E-state index contributed by atoms with van der Waals surface area (Å²) in [5.74, 6) is -0.0440. The van der Waals surface area contributed by atoms with Crippen LogP contribution in [-0.4, -0.2) is 47.4 Å². The third-order valence-electron chi connectivity index (χ3n) is 16.5. The van der Waals surface area contributed by atoms with Crippen LogP contribution in [0.25, 0.3) is 0 Å². The van der Waals surface area contributed by atoms with Gasteiger partial charge in [-0.2, -0.15) is 0 Å². The highest BCUT2D eigenvalue weighted by atomic mass is 16.5. The van der Waals surface area contributed by atoms with E-state index >= 15 is 0 Å². The van der Waals surface area contributed by atoms with Crippen molar-refractivity contribution in [1.29, 1.82) is 0 Å². The summed E-state index contributed by atoms with van der Waals surface area (Å²) in [5.41, 5.74) is 0. The van der Waals surface area contributed by atoms with Crippen LogP contribution in [0.15, 0.2) is 24.3 Å². The smallest absolute Gasteiger partial charge is 0.305 e. The average Bonchev–Trinajstić information content (AvgIpc) is 3.43. The fourth-order valence-electron chi connectivity index (χ4n) is 11.1. The van der Waals surface area contributed by atoms with Gasteiger partial charge in [-0.25, -0.2) is 0 Å². The van der Waals surface area contributed by atoms with Crippen LogP contribution in [0.2, 0.25) is 0 Å². The summed E-state index contributed by atoms with van der Waals surface area (Å²) in [6.45, 7) is 4.93. The maximum atomic E-state index is 12.5. The Labute approximate surface area is 481 Å². The van der Waals surface area contributed by atoms with Crippen molar-refractivity contribution in [1.82, 2.24) is 5.32 Å². The number of aliphatic hydroxyl groups excluding tert-OH is 2. The van der Waals surface area contributed by atoms with E-state index in [-0.39, 0.29) is 18.5 Å². The third kappa shape index (κ3) is 63.4. The standard InChI is InChI=1S/C71H137NO5/c1-3-5-7-9-11-13-15-16-17-34-37-40-44-47-51-55-59-63-69(74)68(67-73)72-70(75)64-60-56-52-48-45-41-38-35-32-30-28-26-24-22-20-18-19-21-23-25-27-29-31-33-36-39-42-46-50-54-58-62-66-77-71(76)65-61-57-53-49-43-14-12-10-8-6-4-2/h21,23,59,63,68-69,73-74H,3-20,22,24-58,60-62,64-67H2,1-2H3,(H,72,75)/b23-21-,63-59+. The van der Waals surface area contributed by atoms with Crippen molar-refractivity contribution in [3.05, 3.63) is 24.3 Å². The number of aliphatic hydroxyl groups is 2. The summed E-state index contributed by atoms with van der Waals surface area (Å²) in [7, 11) is 0. The molecule has 0 bridgehead atoms. The van der Waals surface area contributed by atoms with E-state index in [1.165, 1.54) is 327 Å². The Balaban J connectivity index is 3.37. The van der Waals surface area contributed by atoms with E-state index in [0.717, 1.165) is 38.5 Å². The van der Waals surface area contributed by atoms with E-state index < -0.39 is 12.1 Å². The lowest BCUT2D eigenvalue weighted by molar-refractivity contribution is -0.143. The Hall–Kier alpha value is -1.66. The van der Waals surface area contributed by atoms with Crippen molar-refractivity contribution in [3.63, 3.8) is 0 Å². The molecule has 1 amide bonds. The van der Waals surface area contributed by atoms with Gasteiger partial charge in [-0.1, -0.05) is 346 Å². The maximum Gasteiger partial charge on any atom is 0.305 e. The number of amides is 1. The number of hydrogen-bond acceptors (Lipinski definition) is 5. The molecule has 6 heteroatoms. The maximum absolute atomic E-state index is 12.5. The summed E-state index contributed by atoms with van der Waals surface area (Å²) in [5, 5.41) is 23.2. The molecule has 456 valence electrons. The molecule has 0 spiro atoms. The van der Waals surface area contributed by atoms with Gasteiger partial charge in [0.2, 0.25) is 5.91 Å². The Morgan fingerprint density at radius 2 is 0.610 bits per heavy atom. The van der Waals surface area contributed by atoms with E-state index in [1.54, 1.807) is 6.08 Å². The SMILES string of the molecule is CCCCCCCCCCCCCCCCC/C=C/C(O)C(CO)NC(=O)CCCCCCCCCCCCCCCCCC/C=C\CCCCCCCCCCCCCCOC(=O)CCCCCCCCCCCCC. The van der Waals surface area contributed by atoms with Gasteiger partial charge in [0.15, 0.2) is 0 Å². The molecule has 6 nitrogen and oxygen atoms in total. The molecule has 2 unspecified atom stereocenters. The number of ether oxygens (including phenoxy) is 1. The Morgan fingerprint density at radius 3 is 0.922 bits per heavy atom. The van der Waals surface area contributed by atoms with Crippen LogP contribution in [0.1, 0.15) is 393 Å². The molecule has 0 aromatic rings. The molecule has 0 radical (unpaired) electrons. The Bertz CT molecular complexity index is 1200. The third-order valence-corrected chi connectivity index (χ3v) is 16.5. The number of esters is 1. The number of unbranched alkanes of at least 4 members (excludes halogenated alkanes) is 53. The first-order chi connectivity index (χ1) is 38.0. The van der Waals surface area contributed by atoms with Gasteiger partial charge >= 0.3 is 5.97 Å². The van der Waals surface area contributed by atoms with Crippen molar-refractivity contribution in [2.45, 2.75) is 405 Å². The minimum atomic E-state index is -0.842. The Kier molecular flexibility index (Phi) is 65.4. The summed E-state index contributed by atoms with van der Waals surface area (Å²) in [6, 6.07) is -0.626. The number of rotatable bonds is 66. The van der Waals surface area contributed by atoms with E-state index in [2.05, 4.69) is 31.3 Å². The first-order valence-electron chi connectivity index (χ1n) is 35.1. The molecule has 0 aliphatic carbocycles. The van der Waals surface area contributed by atoms with Crippen molar-refractivity contribution in [2.24, 2.45) is 0 Å². The highest BCUT2D eigenvalue weighted by Gasteiger charge is 2.18. The van der Waals surface area contributed by atoms with Gasteiger partial charge < -0.3 is 20.3 Å². The van der Waals surface area contributed by atoms with E-state index in [0.29, 0.717) is 19.4 Å². The highest BCUT2D eigenvalue weighted by molar-refractivity contribution is 5.76. The minimum Gasteiger partial charge on any atom is -0.466 e. The molecule has 0 fully saturated rings. The van der Waals surface area contributed by atoms with E-state index in [4.69, 9.17) is 4.74 Å². The fourth-order valence-corrected chi connectivity index (χ4v) is 11.1. The van der Waals surface area contributed by atoms with E-state index in [1.807, 2.05) is 6.08 Å². The number of nitrogens with one attached hydrogen (secondary N) is 1. The van der Waals surface area contributed by atoms with E-state index in [9.17, 15) is 19.8 Å². The van der Waals surface area contributed by atoms with Crippen LogP contribution in [0, 0.1) is 0 Å². The lowest BCUT2D eigenvalue weighted by Crippen LogP contribution is -2.45. The molecular formula is C71H137NO5. The number of allylic oxidation sites excluding steroid dienone is 3. The van der Waals surface area contributed by atoms with Crippen LogP contribution in [0.4, 0.5) is 0 Å². The zero-order chi connectivity index (χ0) is 55.7. The number of hydrogen-bond donors (Lipinski definition) is 3. The molecule has 0 aliphatic heterocycles. The molecule has 0 aromatic heterocycles. The van der Waals surface area contributed by atoms with Crippen LogP contribution in [0.5, 0.6) is 0 Å². The minimum absolute atomic E-state index is 0.0181. The average molecular weight is 1080 g/mol. The fraction of sp³-hybridized carbons (Fsp3) is 0.915. The summed E-state index contributed by atoms with van der Waals surface area (Å²) in [4.78, 5) is 24.5. The molecule has 0 aliphatic rings. The quantitative estimate of drug-likeness (QED) is 0.0320. The molecule has 2 atom stereocenters. The zero-order valence-electron chi connectivity index (χ0n) is 52.2. The lowest BCUT2D eigenvalue weighted by atomic mass is 10.0. The summed E-state index contributed by atoms with van der Waals surface area (Å²) < 4.78 is 5.47. The molecule has 3 N–H and O–H groups in total. The molecule has 0 saturated heterocycles. The van der Waals surface area contributed by atoms with Gasteiger partial charge in [-0.15, -0.1) is 0 Å². The van der Waals surface area contributed by atoms with Crippen LogP contribution < -0.4 is 5.32 Å². The zero-order valence-corrected chi connectivity index (χ0v) is 52.2. The number of carbonyl (C=O) groups is 2. The van der Waals surface area contributed by atoms with Crippen LogP contribution in [0.3, 0.4) is 0 Å². The summed E-state index contributed by atoms with van der Waals surface area (Å²) in [6.07, 6.45) is 84.1. The van der Waals surface area contributed by atoms with Crippen LogP contribution in [-0.2, 0) is 14.3 Å². The van der Waals surface area contributed by atoms with Gasteiger partial charge in [0.25, 0.3) is 0 Å². The molecule has 0 saturated carbocycles.